The standard InChI is InChI=1S/C18H33N3O2/c1-15(16-7-13-23-14-8-16)19-18(22)21-11-4-5-17(6-12-21)20-9-2-3-10-20/h15-17H,2-14H2,1H3,(H,19,22). The smallest absolute Gasteiger partial charge is 0.317 e. The second kappa shape index (κ2) is 8.34. The van der Waals surface area contributed by atoms with Crippen molar-refractivity contribution in [1.82, 2.24) is 15.1 Å². The minimum absolute atomic E-state index is 0.145. The van der Waals surface area contributed by atoms with E-state index < -0.39 is 0 Å². The maximum absolute atomic E-state index is 12.6. The Morgan fingerprint density at radius 2 is 1.74 bits per heavy atom. The number of amides is 2. The molecular weight excluding hydrogens is 290 g/mol. The van der Waals surface area contributed by atoms with E-state index in [1.807, 2.05) is 4.90 Å². The molecule has 23 heavy (non-hydrogen) atoms. The topological polar surface area (TPSA) is 44.8 Å². The molecule has 5 heteroatoms. The van der Waals surface area contributed by atoms with Crippen molar-refractivity contribution in [1.29, 1.82) is 0 Å². The first kappa shape index (κ1) is 17.0. The van der Waals surface area contributed by atoms with E-state index in [1.54, 1.807) is 0 Å². The molecule has 3 aliphatic rings. The molecular formula is C18H33N3O2. The van der Waals surface area contributed by atoms with Gasteiger partial charge in [-0.25, -0.2) is 4.79 Å². The highest BCUT2D eigenvalue weighted by Gasteiger charge is 2.28. The largest absolute Gasteiger partial charge is 0.381 e. The zero-order chi connectivity index (χ0) is 16.1. The minimum atomic E-state index is 0.145. The lowest BCUT2D eigenvalue weighted by molar-refractivity contribution is 0.0562. The summed E-state index contributed by atoms with van der Waals surface area (Å²) < 4.78 is 5.42. The molecule has 2 unspecified atom stereocenters. The Morgan fingerprint density at radius 3 is 2.48 bits per heavy atom. The monoisotopic (exact) mass is 323 g/mol. The molecule has 2 atom stereocenters. The number of urea groups is 1. The molecule has 0 saturated carbocycles. The number of carbonyl (C=O) groups is 1. The van der Waals surface area contributed by atoms with Crippen LogP contribution in [0.4, 0.5) is 4.79 Å². The van der Waals surface area contributed by atoms with Crippen LogP contribution in [0.5, 0.6) is 0 Å². The summed E-state index contributed by atoms with van der Waals surface area (Å²) in [5.41, 5.74) is 0. The Balaban J connectivity index is 1.45. The number of carbonyl (C=O) groups excluding carboxylic acids is 1. The third-order valence-corrected chi connectivity index (χ3v) is 5.97. The molecule has 2 amide bonds. The van der Waals surface area contributed by atoms with Crippen LogP contribution < -0.4 is 5.32 Å². The molecule has 132 valence electrons. The van der Waals surface area contributed by atoms with Gasteiger partial charge in [-0.15, -0.1) is 0 Å². The lowest BCUT2D eigenvalue weighted by Crippen LogP contribution is -2.47. The van der Waals surface area contributed by atoms with Crippen molar-refractivity contribution < 1.29 is 9.53 Å². The second-order valence-corrected chi connectivity index (χ2v) is 7.50. The average molecular weight is 323 g/mol. The summed E-state index contributed by atoms with van der Waals surface area (Å²) in [6, 6.07) is 1.10. The predicted molar refractivity (Wildman–Crippen MR) is 91.6 cm³/mol. The molecule has 0 aromatic heterocycles. The third kappa shape index (κ3) is 4.60. The van der Waals surface area contributed by atoms with E-state index in [2.05, 4.69) is 17.1 Å². The molecule has 0 radical (unpaired) electrons. The maximum atomic E-state index is 12.6. The van der Waals surface area contributed by atoms with E-state index in [4.69, 9.17) is 4.74 Å². The fourth-order valence-corrected chi connectivity index (χ4v) is 4.37. The summed E-state index contributed by atoms with van der Waals surface area (Å²) in [5.74, 6) is 0.567. The van der Waals surface area contributed by atoms with Crippen molar-refractivity contribution in [2.24, 2.45) is 5.92 Å². The zero-order valence-corrected chi connectivity index (χ0v) is 14.6. The Morgan fingerprint density at radius 1 is 1.00 bits per heavy atom. The lowest BCUT2D eigenvalue weighted by atomic mass is 9.93. The number of hydrogen-bond acceptors (Lipinski definition) is 3. The van der Waals surface area contributed by atoms with Gasteiger partial charge in [-0.2, -0.15) is 0 Å². The van der Waals surface area contributed by atoms with E-state index in [9.17, 15) is 4.79 Å². The van der Waals surface area contributed by atoms with Crippen molar-refractivity contribution in [3.05, 3.63) is 0 Å². The van der Waals surface area contributed by atoms with Gasteiger partial charge in [0.1, 0.15) is 0 Å². The second-order valence-electron chi connectivity index (χ2n) is 7.50. The number of likely N-dealkylation sites (tertiary alicyclic amines) is 2. The van der Waals surface area contributed by atoms with Crippen LogP contribution in [0.25, 0.3) is 0 Å². The van der Waals surface area contributed by atoms with Gasteiger partial charge >= 0.3 is 6.03 Å². The van der Waals surface area contributed by atoms with Crippen molar-refractivity contribution in [2.45, 2.75) is 64.0 Å². The predicted octanol–water partition coefficient (Wildman–Crippen LogP) is 2.46. The quantitative estimate of drug-likeness (QED) is 0.868. The van der Waals surface area contributed by atoms with Crippen LogP contribution in [0.3, 0.4) is 0 Å². The lowest BCUT2D eigenvalue weighted by Gasteiger charge is -2.31. The first-order valence-electron chi connectivity index (χ1n) is 9.61. The van der Waals surface area contributed by atoms with Crippen LogP contribution in [0.1, 0.15) is 51.9 Å². The third-order valence-electron chi connectivity index (χ3n) is 5.97. The zero-order valence-electron chi connectivity index (χ0n) is 14.6. The summed E-state index contributed by atoms with van der Waals surface area (Å²) in [7, 11) is 0. The number of nitrogens with zero attached hydrogens (tertiary/aromatic N) is 2. The van der Waals surface area contributed by atoms with E-state index in [0.717, 1.165) is 52.0 Å². The molecule has 0 aromatic rings. The Hall–Kier alpha value is -0.810. The van der Waals surface area contributed by atoms with E-state index >= 15 is 0 Å². The summed E-state index contributed by atoms with van der Waals surface area (Å²) >= 11 is 0. The van der Waals surface area contributed by atoms with Crippen LogP contribution in [0.15, 0.2) is 0 Å². The molecule has 3 aliphatic heterocycles. The minimum Gasteiger partial charge on any atom is -0.381 e. The fraction of sp³-hybridized carbons (Fsp3) is 0.944. The molecule has 3 rings (SSSR count). The van der Waals surface area contributed by atoms with Crippen LogP contribution >= 0.6 is 0 Å². The highest BCUT2D eigenvalue weighted by Crippen LogP contribution is 2.22. The molecule has 0 aromatic carbocycles. The number of rotatable bonds is 3. The van der Waals surface area contributed by atoms with Crippen molar-refractivity contribution in [3.63, 3.8) is 0 Å². The Bertz CT molecular complexity index is 378. The average Bonchev–Trinajstić information content (AvgIpc) is 3.00. The van der Waals surface area contributed by atoms with Crippen LogP contribution in [-0.4, -0.2) is 67.3 Å². The first-order valence-corrected chi connectivity index (χ1v) is 9.61. The summed E-state index contributed by atoms with van der Waals surface area (Å²) in [5, 5.41) is 3.25. The normalized spacial score (nSPS) is 29.3. The van der Waals surface area contributed by atoms with E-state index in [-0.39, 0.29) is 12.1 Å². The molecule has 3 saturated heterocycles. The molecule has 5 nitrogen and oxygen atoms in total. The van der Waals surface area contributed by atoms with Gasteiger partial charge < -0.3 is 19.9 Å². The molecule has 0 bridgehead atoms. The molecule has 0 spiro atoms. The summed E-state index contributed by atoms with van der Waals surface area (Å²) in [6.45, 7) is 8.18. The van der Waals surface area contributed by atoms with Gasteiger partial charge in [0.15, 0.2) is 0 Å². The van der Waals surface area contributed by atoms with Gasteiger partial charge in [-0.3, -0.25) is 0 Å². The van der Waals surface area contributed by atoms with Gasteiger partial charge in [0.05, 0.1) is 0 Å². The number of ether oxygens (including phenoxy) is 1. The summed E-state index contributed by atoms with van der Waals surface area (Å²) in [4.78, 5) is 17.3. The molecule has 3 fully saturated rings. The highest BCUT2D eigenvalue weighted by molar-refractivity contribution is 5.74. The maximum Gasteiger partial charge on any atom is 0.317 e. The van der Waals surface area contributed by atoms with Crippen LogP contribution in [-0.2, 0) is 4.74 Å². The van der Waals surface area contributed by atoms with E-state index in [0.29, 0.717) is 12.0 Å². The highest BCUT2D eigenvalue weighted by atomic mass is 16.5. The van der Waals surface area contributed by atoms with Crippen LogP contribution in [0.2, 0.25) is 0 Å². The Kier molecular flexibility index (Phi) is 6.17. The SMILES string of the molecule is CC(NC(=O)N1CCCC(N2CCCC2)CC1)C1CCOCC1. The van der Waals surface area contributed by atoms with Crippen molar-refractivity contribution >= 4 is 6.03 Å². The van der Waals surface area contributed by atoms with Gasteiger partial charge in [0.25, 0.3) is 0 Å². The fourth-order valence-electron chi connectivity index (χ4n) is 4.37. The van der Waals surface area contributed by atoms with Crippen molar-refractivity contribution in [3.8, 4) is 0 Å². The van der Waals surface area contributed by atoms with Gasteiger partial charge in [0.2, 0.25) is 0 Å². The number of nitrogens with one attached hydrogen (secondary N) is 1. The van der Waals surface area contributed by atoms with Crippen LogP contribution in [0, 0.1) is 5.92 Å². The summed E-state index contributed by atoms with van der Waals surface area (Å²) in [6.07, 6.45) is 8.36. The van der Waals surface area contributed by atoms with Gasteiger partial charge in [0, 0.05) is 38.4 Å². The Labute approximate surface area is 140 Å². The molecule has 0 aliphatic carbocycles. The molecule has 3 heterocycles. The van der Waals surface area contributed by atoms with Gasteiger partial charge in [-0.1, -0.05) is 0 Å². The number of hydrogen-bond donors (Lipinski definition) is 1. The molecule has 1 N–H and O–H groups in total. The van der Waals surface area contributed by atoms with E-state index in [1.165, 1.54) is 32.4 Å². The first-order chi connectivity index (χ1) is 11.2. The van der Waals surface area contributed by atoms with Gasteiger partial charge in [-0.05, 0) is 70.9 Å². The van der Waals surface area contributed by atoms with Crippen molar-refractivity contribution in [2.75, 3.05) is 39.4 Å².